The topological polar surface area (TPSA) is 35.5 Å². The van der Waals surface area contributed by atoms with Gasteiger partial charge >= 0.3 is 0 Å². The number of carbonyl (C=O) groups excluding carboxylic acids is 1. The van der Waals surface area contributed by atoms with E-state index in [1.807, 2.05) is 6.08 Å². The van der Waals surface area contributed by atoms with E-state index in [4.69, 9.17) is 9.47 Å². The molecule has 1 aliphatic rings. The van der Waals surface area contributed by atoms with Crippen molar-refractivity contribution < 1.29 is 14.3 Å². The molecule has 0 aromatic heterocycles. The fourth-order valence-corrected chi connectivity index (χ4v) is 1.30. The summed E-state index contributed by atoms with van der Waals surface area (Å²) in [7, 11) is 3.21. The maximum absolute atomic E-state index is 11.0. The summed E-state index contributed by atoms with van der Waals surface area (Å²) in [4.78, 5) is 11.0. The molecule has 3 heteroatoms. The summed E-state index contributed by atoms with van der Waals surface area (Å²) in [5.41, 5.74) is 0.699. The Balaban J connectivity index is 2.83. The van der Waals surface area contributed by atoms with Crippen molar-refractivity contribution in [1.82, 2.24) is 0 Å². The summed E-state index contributed by atoms with van der Waals surface area (Å²) in [6.07, 6.45) is 4.26. The Morgan fingerprint density at radius 2 is 2.23 bits per heavy atom. The van der Waals surface area contributed by atoms with Crippen LogP contribution in [0.1, 0.15) is 13.3 Å². The van der Waals surface area contributed by atoms with E-state index in [0.717, 1.165) is 5.76 Å². The van der Waals surface area contributed by atoms with E-state index in [2.05, 4.69) is 0 Å². The molecule has 1 atom stereocenters. The van der Waals surface area contributed by atoms with Gasteiger partial charge in [0.2, 0.25) is 0 Å². The van der Waals surface area contributed by atoms with Crippen LogP contribution in [-0.4, -0.2) is 26.1 Å². The largest absolute Gasteiger partial charge is 0.498 e. The molecular formula is C10H14O3. The van der Waals surface area contributed by atoms with Gasteiger partial charge in [0.25, 0.3) is 0 Å². The fourth-order valence-electron chi connectivity index (χ4n) is 1.30. The Bertz CT molecular complexity index is 263. The molecule has 0 saturated heterocycles. The van der Waals surface area contributed by atoms with Gasteiger partial charge < -0.3 is 9.47 Å². The van der Waals surface area contributed by atoms with E-state index in [1.54, 1.807) is 27.2 Å². The third kappa shape index (κ3) is 2.18. The Kier molecular flexibility index (Phi) is 3.25. The van der Waals surface area contributed by atoms with Crippen molar-refractivity contribution in [1.29, 1.82) is 0 Å². The first-order valence-electron chi connectivity index (χ1n) is 4.18. The first kappa shape index (κ1) is 9.99. The Morgan fingerprint density at radius 3 is 2.69 bits per heavy atom. The van der Waals surface area contributed by atoms with Gasteiger partial charge in [-0.25, -0.2) is 0 Å². The van der Waals surface area contributed by atoms with E-state index >= 15 is 0 Å². The van der Waals surface area contributed by atoms with Crippen molar-refractivity contribution in [2.45, 2.75) is 19.4 Å². The monoisotopic (exact) mass is 182 g/mol. The smallest absolute Gasteiger partial charge is 0.159 e. The summed E-state index contributed by atoms with van der Waals surface area (Å²) in [6, 6.07) is 0. The van der Waals surface area contributed by atoms with Gasteiger partial charge in [-0.05, 0) is 19.4 Å². The number of carbonyl (C=O) groups is 1. The third-order valence-electron chi connectivity index (χ3n) is 2.09. The molecule has 0 aliphatic heterocycles. The first-order chi connectivity index (χ1) is 6.19. The number of ketones is 1. The van der Waals surface area contributed by atoms with Crippen LogP contribution in [0, 0.1) is 0 Å². The van der Waals surface area contributed by atoms with Gasteiger partial charge in [0, 0.05) is 12.7 Å². The SMILES string of the molecule is COC1=CC(C(C)=O)=CCC1OC. The number of rotatable bonds is 3. The number of Topliss-reactive ketones (excluding diaryl/α,β-unsaturated/α-hetero) is 1. The molecule has 1 rings (SSSR count). The van der Waals surface area contributed by atoms with Gasteiger partial charge in [-0.1, -0.05) is 6.08 Å². The quantitative estimate of drug-likeness (QED) is 0.662. The van der Waals surface area contributed by atoms with Crippen LogP contribution in [0.3, 0.4) is 0 Å². The highest BCUT2D eigenvalue weighted by molar-refractivity contribution is 5.96. The van der Waals surface area contributed by atoms with Crippen LogP contribution in [0.15, 0.2) is 23.5 Å². The van der Waals surface area contributed by atoms with Crippen LogP contribution in [0.5, 0.6) is 0 Å². The van der Waals surface area contributed by atoms with Gasteiger partial charge in [0.1, 0.15) is 11.9 Å². The Labute approximate surface area is 78.0 Å². The third-order valence-corrected chi connectivity index (χ3v) is 2.09. The molecule has 1 unspecified atom stereocenters. The normalized spacial score (nSPS) is 21.9. The molecule has 0 bridgehead atoms. The summed E-state index contributed by atoms with van der Waals surface area (Å²) in [5, 5.41) is 0. The summed E-state index contributed by atoms with van der Waals surface area (Å²) in [6.45, 7) is 1.54. The number of hydrogen-bond acceptors (Lipinski definition) is 3. The van der Waals surface area contributed by atoms with Crippen LogP contribution in [0.4, 0.5) is 0 Å². The molecule has 0 heterocycles. The molecule has 0 saturated carbocycles. The number of allylic oxidation sites excluding steroid dienone is 2. The van der Waals surface area contributed by atoms with E-state index in [0.29, 0.717) is 12.0 Å². The predicted octanol–water partition coefficient (Wildman–Crippen LogP) is 1.45. The Hall–Kier alpha value is -1.09. The average Bonchev–Trinajstić information content (AvgIpc) is 2.16. The molecular weight excluding hydrogens is 168 g/mol. The van der Waals surface area contributed by atoms with Crippen molar-refractivity contribution in [3.05, 3.63) is 23.5 Å². The second-order valence-corrected chi connectivity index (χ2v) is 2.93. The van der Waals surface area contributed by atoms with Gasteiger partial charge in [0.15, 0.2) is 5.78 Å². The molecule has 13 heavy (non-hydrogen) atoms. The lowest BCUT2D eigenvalue weighted by Crippen LogP contribution is -2.18. The number of hydrogen-bond donors (Lipinski definition) is 0. The van der Waals surface area contributed by atoms with Crippen LogP contribution in [0.2, 0.25) is 0 Å². The minimum absolute atomic E-state index is 0.0481. The van der Waals surface area contributed by atoms with Crippen molar-refractivity contribution in [2.24, 2.45) is 0 Å². The summed E-state index contributed by atoms with van der Waals surface area (Å²) >= 11 is 0. The van der Waals surface area contributed by atoms with Crippen LogP contribution >= 0.6 is 0 Å². The lowest BCUT2D eigenvalue weighted by molar-refractivity contribution is -0.113. The molecule has 3 nitrogen and oxygen atoms in total. The molecule has 0 fully saturated rings. The number of ether oxygens (including phenoxy) is 2. The van der Waals surface area contributed by atoms with E-state index in [9.17, 15) is 4.79 Å². The zero-order valence-electron chi connectivity index (χ0n) is 8.16. The zero-order chi connectivity index (χ0) is 9.84. The maximum Gasteiger partial charge on any atom is 0.159 e. The maximum atomic E-state index is 11.0. The minimum atomic E-state index is -0.0481. The lowest BCUT2D eigenvalue weighted by Gasteiger charge is -2.20. The minimum Gasteiger partial charge on any atom is -0.498 e. The summed E-state index contributed by atoms with van der Waals surface area (Å²) in [5.74, 6) is 0.777. The second-order valence-electron chi connectivity index (χ2n) is 2.93. The van der Waals surface area contributed by atoms with Crippen LogP contribution < -0.4 is 0 Å². The molecule has 0 N–H and O–H groups in total. The molecule has 0 spiro atoms. The summed E-state index contributed by atoms with van der Waals surface area (Å²) < 4.78 is 10.3. The Morgan fingerprint density at radius 1 is 1.54 bits per heavy atom. The second kappa shape index (κ2) is 4.23. The highest BCUT2D eigenvalue weighted by Crippen LogP contribution is 2.21. The predicted molar refractivity (Wildman–Crippen MR) is 49.3 cm³/mol. The highest BCUT2D eigenvalue weighted by Gasteiger charge is 2.19. The van der Waals surface area contributed by atoms with Gasteiger partial charge in [0.05, 0.1) is 7.11 Å². The van der Waals surface area contributed by atoms with Gasteiger partial charge in [-0.3, -0.25) is 4.79 Å². The van der Waals surface area contributed by atoms with Gasteiger partial charge in [-0.15, -0.1) is 0 Å². The van der Waals surface area contributed by atoms with E-state index in [-0.39, 0.29) is 11.9 Å². The standard InChI is InChI=1S/C10H14O3/c1-7(11)8-4-5-9(12-2)10(6-8)13-3/h4,6,9H,5H2,1-3H3. The molecule has 0 radical (unpaired) electrons. The van der Waals surface area contributed by atoms with E-state index in [1.165, 1.54) is 0 Å². The fraction of sp³-hybridized carbons (Fsp3) is 0.500. The molecule has 0 aromatic rings. The number of methoxy groups -OCH3 is 2. The van der Waals surface area contributed by atoms with E-state index < -0.39 is 0 Å². The molecule has 0 amide bonds. The zero-order valence-corrected chi connectivity index (χ0v) is 8.16. The van der Waals surface area contributed by atoms with Gasteiger partial charge in [-0.2, -0.15) is 0 Å². The first-order valence-corrected chi connectivity index (χ1v) is 4.18. The molecule has 0 aromatic carbocycles. The highest BCUT2D eigenvalue weighted by atomic mass is 16.5. The van der Waals surface area contributed by atoms with Crippen molar-refractivity contribution >= 4 is 5.78 Å². The van der Waals surface area contributed by atoms with Crippen molar-refractivity contribution in [3.63, 3.8) is 0 Å². The van der Waals surface area contributed by atoms with Crippen molar-refractivity contribution in [3.8, 4) is 0 Å². The van der Waals surface area contributed by atoms with Crippen LogP contribution in [0.25, 0.3) is 0 Å². The lowest BCUT2D eigenvalue weighted by atomic mass is 10.0. The molecule has 72 valence electrons. The molecule has 1 aliphatic carbocycles. The van der Waals surface area contributed by atoms with Crippen molar-refractivity contribution in [2.75, 3.05) is 14.2 Å². The average molecular weight is 182 g/mol. The van der Waals surface area contributed by atoms with Crippen LogP contribution in [-0.2, 0) is 14.3 Å².